The van der Waals surface area contributed by atoms with Crippen LogP contribution in [0.5, 0.6) is 5.75 Å². The van der Waals surface area contributed by atoms with Crippen LogP contribution in [0, 0.1) is 5.82 Å². The number of thioether (sulfide) groups is 1. The highest BCUT2D eigenvalue weighted by atomic mass is 35.5. The molecule has 0 saturated heterocycles. The number of anilines is 1. The summed E-state index contributed by atoms with van der Waals surface area (Å²) in [6.45, 7) is 5.10. The fourth-order valence-electron chi connectivity index (χ4n) is 2.71. The van der Waals surface area contributed by atoms with E-state index in [1.54, 1.807) is 0 Å². The molecule has 0 aliphatic heterocycles. The van der Waals surface area contributed by atoms with Crippen LogP contribution in [0.15, 0.2) is 47.6 Å². The van der Waals surface area contributed by atoms with Gasteiger partial charge in [0.15, 0.2) is 11.0 Å². The highest BCUT2D eigenvalue weighted by molar-refractivity contribution is 7.99. The number of halogens is 2. The lowest BCUT2D eigenvalue weighted by Gasteiger charge is -2.11. The number of aromatic nitrogens is 3. The van der Waals surface area contributed by atoms with Crippen molar-refractivity contribution >= 4 is 35.0 Å². The zero-order valence-electron chi connectivity index (χ0n) is 16.0. The van der Waals surface area contributed by atoms with Crippen LogP contribution in [0.25, 0.3) is 11.4 Å². The van der Waals surface area contributed by atoms with E-state index in [1.807, 2.05) is 42.7 Å². The van der Waals surface area contributed by atoms with Crippen molar-refractivity contribution in [3.63, 3.8) is 0 Å². The van der Waals surface area contributed by atoms with Gasteiger partial charge >= 0.3 is 0 Å². The molecule has 0 unspecified atom stereocenters. The average molecular weight is 435 g/mol. The average Bonchev–Trinajstić information content (AvgIpc) is 3.12. The van der Waals surface area contributed by atoms with Gasteiger partial charge in [0.1, 0.15) is 11.6 Å². The molecule has 1 aromatic heterocycles. The number of carbonyl (C=O) groups excluding carboxylic acids is 1. The van der Waals surface area contributed by atoms with E-state index in [9.17, 15) is 9.18 Å². The smallest absolute Gasteiger partial charge is 0.234 e. The summed E-state index contributed by atoms with van der Waals surface area (Å²) in [5.74, 6) is 0.763. The molecule has 0 radical (unpaired) electrons. The Morgan fingerprint density at radius 1 is 1.24 bits per heavy atom. The Labute approximate surface area is 177 Å². The number of para-hydroxylation sites is 1. The molecule has 1 amide bonds. The van der Waals surface area contributed by atoms with Gasteiger partial charge in [-0.05, 0) is 44.2 Å². The van der Waals surface area contributed by atoms with Gasteiger partial charge in [-0.2, -0.15) is 0 Å². The Kier molecular flexibility index (Phi) is 7.11. The van der Waals surface area contributed by atoms with Crippen molar-refractivity contribution < 1.29 is 13.9 Å². The maximum absolute atomic E-state index is 13.2. The van der Waals surface area contributed by atoms with Crippen molar-refractivity contribution in [2.45, 2.75) is 25.5 Å². The normalized spacial score (nSPS) is 10.8. The van der Waals surface area contributed by atoms with Crippen molar-refractivity contribution in [3.05, 3.63) is 53.3 Å². The third kappa shape index (κ3) is 5.07. The maximum atomic E-state index is 13.2. The summed E-state index contributed by atoms with van der Waals surface area (Å²) in [6, 6.07) is 11.7. The largest absolute Gasteiger partial charge is 0.493 e. The highest BCUT2D eigenvalue weighted by Gasteiger charge is 2.17. The molecule has 152 valence electrons. The molecule has 9 heteroatoms. The molecule has 3 aromatic rings. The zero-order valence-corrected chi connectivity index (χ0v) is 17.6. The molecular formula is C20H20ClFN4O2S. The van der Waals surface area contributed by atoms with Crippen LogP contribution in [0.1, 0.15) is 13.8 Å². The van der Waals surface area contributed by atoms with E-state index >= 15 is 0 Å². The Morgan fingerprint density at radius 3 is 2.76 bits per heavy atom. The van der Waals surface area contributed by atoms with Crippen LogP contribution in [0.3, 0.4) is 0 Å². The highest BCUT2D eigenvalue weighted by Crippen LogP contribution is 2.31. The van der Waals surface area contributed by atoms with Crippen molar-refractivity contribution in [3.8, 4) is 17.1 Å². The van der Waals surface area contributed by atoms with E-state index in [-0.39, 0.29) is 16.7 Å². The van der Waals surface area contributed by atoms with Crippen molar-refractivity contribution in [2.75, 3.05) is 17.7 Å². The number of ether oxygens (including phenoxy) is 1. The van der Waals surface area contributed by atoms with E-state index in [2.05, 4.69) is 15.5 Å². The number of nitrogens with one attached hydrogen (secondary N) is 1. The third-order valence-electron chi connectivity index (χ3n) is 4.00. The van der Waals surface area contributed by atoms with Gasteiger partial charge in [-0.15, -0.1) is 10.2 Å². The number of rotatable bonds is 8. The number of carbonyl (C=O) groups is 1. The molecule has 0 bridgehead atoms. The van der Waals surface area contributed by atoms with E-state index in [0.29, 0.717) is 29.8 Å². The quantitative estimate of drug-likeness (QED) is 0.511. The topological polar surface area (TPSA) is 69.0 Å². The van der Waals surface area contributed by atoms with E-state index in [4.69, 9.17) is 16.3 Å². The van der Waals surface area contributed by atoms with Crippen LogP contribution in [-0.2, 0) is 11.3 Å². The van der Waals surface area contributed by atoms with Crippen LogP contribution in [0.2, 0.25) is 5.02 Å². The molecule has 3 rings (SSSR count). The molecule has 29 heavy (non-hydrogen) atoms. The molecular weight excluding hydrogens is 415 g/mol. The molecule has 1 heterocycles. The van der Waals surface area contributed by atoms with Crippen LogP contribution in [0.4, 0.5) is 10.1 Å². The second-order valence-electron chi connectivity index (χ2n) is 5.95. The molecule has 0 saturated carbocycles. The SMILES string of the molecule is CCOc1ccccc1-c1nnc(SCC(=O)Nc2ccc(F)c(Cl)c2)n1CC. The van der Waals surface area contributed by atoms with Gasteiger partial charge in [0, 0.05) is 12.2 Å². The standard InChI is InChI=1S/C20H20ClFN4O2S/c1-3-26-19(14-7-5-6-8-17(14)28-4-2)24-25-20(26)29-12-18(27)23-13-9-10-16(22)15(21)11-13/h5-11H,3-4,12H2,1-2H3,(H,23,27). The molecule has 0 atom stereocenters. The first kappa shape index (κ1) is 21.1. The maximum Gasteiger partial charge on any atom is 0.234 e. The Balaban J connectivity index is 1.72. The summed E-state index contributed by atoms with van der Waals surface area (Å²) in [5.41, 5.74) is 1.28. The van der Waals surface area contributed by atoms with Crippen molar-refractivity contribution in [2.24, 2.45) is 0 Å². The zero-order chi connectivity index (χ0) is 20.8. The lowest BCUT2D eigenvalue weighted by Crippen LogP contribution is -2.14. The van der Waals surface area contributed by atoms with Crippen molar-refractivity contribution in [1.82, 2.24) is 14.8 Å². The Morgan fingerprint density at radius 2 is 2.03 bits per heavy atom. The minimum atomic E-state index is -0.532. The Bertz CT molecular complexity index is 1010. The number of amides is 1. The van der Waals surface area contributed by atoms with Gasteiger partial charge in [0.25, 0.3) is 0 Å². The summed E-state index contributed by atoms with van der Waals surface area (Å²) < 4.78 is 20.9. The van der Waals surface area contributed by atoms with Crippen LogP contribution in [-0.4, -0.2) is 33.0 Å². The van der Waals surface area contributed by atoms with Crippen LogP contribution >= 0.6 is 23.4 Å². The minimum absolute atomic E-state index is 0.0428. The molecule has 0 aliphatic rings. The molecule has 0 aliphatic carbocycles. The van der Waals surface area contributed by atoms with Gasteiger partial charge in [-0.25, -0.2) is 4.39 Å². The van der Waals surface area contributed by atoms with Gasteiger partial charge in [-0.3, -0.25) is 4.79 Å². The molecule has 2 aromatic carbocycles. The first-order valence-corrected chi connectivity index (χ1v) is 10.4. The van der Waals surface area contributed by atoms with Crippen LogP contribution < -0.4 is 10.1 Å². The van der Waals surface area contributed by atoms with Gasteiger partial charge in [-0.1, -0.05) is 35.5 Å². The summed E-state index contributed by atoms with van der Waals surface area (Å²) in [7, 11) is 0. The number of benzene rings is 2. The van der Waals surface area contributed by atoms with Gasteiger partial charge < -0.3 is 14.6 Å². The lowest BCUT2D eigenvalue weighted by molar-refractivity contribution is -0.113. The first-order chi connectivity index (χ1) is 14.0. The fraction of sp³-hybridized carbons (Fsp3) is 0.250. The fourth-order valence-corrected chi connectivity index (χ4v) is 3.70. The molecule has 0 fully saturated rings. The number of hydrogen-bond donors (Lipinski definition) is 1. The number of hydrogen-bond acceptors (Lipinski definition) is 5. The van der Waals surface area contributed by atoms with E-state index in [1.165, 1.54) is 30.0 Å². The monoisotopic (exact) mass is 434 g/mol. The second kappa shape index (κ2) is 9.76. The predicted molar refractivity (Wildman–Crippen MR) is 113 cm³/mol. The summed E-state index contributed by atoms with van der Waals surface area (Å²) in [6.07, 6.45) is 0. The van der Waals surface area contributed by atoms with Gasteiger partial charge in [0.05, 0.1) is 22.9 Å². The molecule has 0 spiro atoms. The second-order valence-corrected chi connectivity index (χ2v) is 7.30. The molecule has 1 N–H and O–H groups in total. The minimum Gasteiger partial charge on any atom is -0.493 e. The first-order valence-electron chi connectivity index (χ1n) is 9.06. The Hall–Kier alpha value is -2.58. The number of nitrogens with zero attached hydrogens (tertiary/aromatic N) is 3. The predicted octanol–water partition coefficient (Wildman–Crippen LogP) is 4.89. The molecule has 6 nitrogen and oxygen atoms in total. The summed E-state index contributed by atoms with van der Waals surface area (Å²) >= 11 is 7.01. The summed E-state index contributed by atoms with van der Waals surface area (Å²) in [4.78, 5) is 12.3. The third-order valence-corrected chi connectivity index (χ3v) is 5.25. The van der Waals surface area contributed by atoms with E-state index < -0.39 is 5.82 Å². The van der Waals surface area contributed by atoms with Crippen molar-refractivity contribution in [1.29, 1.82) is 0 Å². The van der Waals surface area contributed by atoms with E-state index in [0.717, 1.165) is 11.3 Å². The summed E-state index contributed by atoms with van der Waals surface area (Å²) in [5, 5.41) is 11.8. The van der Waals surface area contributed by atoms with Gasteiger partial charge in [0.2, 0.25) is 5.91 Å². The lowest BCUT2D eigenvalue weighted by atomic mass is 10.2.